The van der Waals surface area contributed by atoms with Gasteiger partial charge in [-0.1, -0.05) is 31.3 Å². The van der Waals surface area contributed by atoms with E-state index < -0.39 is 27.3 Å². The second-order valence-electron chi connectivity index (χ2n) is 4.75. The van der Waals surface area contributed by atoms with Crippen LogP contribution in [0.5, 0.6) is 5.75 Å². The van der Waals surface area contributed by atoms with Crippen molar-refractivity contribution in [1.29, 1.82) is 0 Å². The van der Waals surface area contributed by atoms with E-state index in [1.165, 1.54) is 19.1 Å². The van der Waals surface area contributed by atoms with Gasteiger partial charge < -0.3 is 9.50 Å². The van der Waals surface area contributed by atoms with Crippen molar-refractivity contribution in [2.45, 2.75) is 38.6 Å². The minimum Gasteiger partial charge on any atom is -0.375 e. The third-order valence-corrected chi connectivity index (χ3v) is 3.65. The van der Waals surface area contributed by atoms with Crippen LogP contribution in [0.3, 0.4) is 0 Å². The van der Waals surface area contributed by atoms with Crippen molar-refractivity contribution in [2.75, 3.05) is 5.32 Å². The number of hydrogen-bond donors (Lipinski definition) is 1. The summed E-state index contributed by atoms with van der Waals surface area (Å²) < 4.78 is 64.1. The van der Waals surface area contributed by atoms with Gasteiger partial charge in [0.15, 0.2) is 5.75 Å². The Kier molecular flexibility index (Phi) is 6.66. The molecule has 0 heterocycles. The van der Waals surface area contributed by atoms with E-state index in [2.05, 4.69) is 21.3 Å². The molecule has 0 saturated carbocycles. The first-order chi connectivity index (χ1) is 11.1. The van der Waals surface area contributed by atoms with Crippen molar-refractivity contribution in [3.8, 4) is 17.6 Å². The molecule has 9 heteroatoms. The van der Waals surface area contributed by atoms with Gasteiger partial charge in [0.2, 0.25) is 5.91 Å². The Morgan fingerprint density at radius 1 is 1.33 bits per heavy atom. The summed E-state index contributed by atoms with van der Waals surface area (Å²) in [6.07, 6.45) is 2.11. The fraction of sp³-hybridized carbons (Fsp3) is 0.400. The predicted molar refractivity (Wildman–Crippen MR) is 82.8 cm³/mol. The lowest BCUT2D eigenvalue weighted by atomic mass is 10.1. The minimum atomic E-state index is -5.83. The molecule has 0 bridgehead atoms. The molecule has 0 aliphatic carbocycles. The minimum absolute atomic E-state index is 0.0707. The fourth-order valence-corrected chi connectivity index (χ4v) is 2.07. The second kappa shape index (κ2) is 8.06. The molecule has 0 unspecified atom stereocenters. The molecule has 1 aromatic carbocycles. The van der Waals surface area contributed by atoms with Crippen LogP contribution in [0.2, 0.25) is 0 Å². The molecule has 132 valence electrons. The maximum Gasteiger partial charge on any atom is 0.534 e. The van der Waals surface area contributed by atoms with Gasteiger partial charge in [-0.15, -0.1) is 0 Å². The van der Waals surface area contributed by atoms with E-state index in [1.54, 1.807) is 0 Å². The van der Waals surface area contributed by atoms with Crippen LogP contribution in [0.1, 0.15) is 38.7 Å². The topological polar surface area (TPSA) is 72.5 Å². The van der Waals surface area contributed by atoms with Crippen molar-refractivity contribution in [3.05, 3.63) is 23.8 Å². The van der Waals surface area contributed by atoms with Crippen molar-refractivity contribution >= 4 is 21.7 Å². The molecule has 1 amide bonds. The molecular formula is C15H16F3NO4S. The Labute approximate surface area is 138 Å². The second-order valence-corrected chi connectivity index (χ2v) is 6.29. The van der Waals surface area contributed by atoms with Crippen molar-refractivity contribution < 1.29 is 30.6 Å². The van der Waals surface area contributed by atoms with Crippen LogP contribution in [-0.2, 0) is 14.9 Å². The lowest BCUT2D eigenvalue weighted by molar-refractivity contribution is -0.114. The van der Waals surface area contributed by atoms with E-state index in [-0.39, 0.29) is 11.3 Å². The molecule has 1 N–H and O–H groups in total. The van der Waals surface area contributed by atoms with Crippen LogP contribution >= 0.6 is 0 Å². The number of unbranched alkanes of at least 4 members (excludes halogenated alkanes) is 2. The van der Waals surface area contributed by atoms with E-state index in [1.807, 2.05) is 6.92 Å². The SMILES string of the molecule is CCCCC#Cc1c(NC(C)=O)cccc1OS(=O)(=O)C(F)(F)F. The van der Waals surface area contributed by atoms with Crippen molar-refractivity contribution in [3.63, 3.8) is 0 Å². The molecule has 0 radical (unpaired) electrons. The molecule has 0 aliphatic heterocycles. The highest BCUT2D eigenvalue weighted by Gasteiger charge is 2.48. The van der Waals surface area contributed by atoms with E-state index in [0.29, 0.717) is 6.42 Å². The molecule has 0 fully saturated rings. The number of carbonyl (C=O) groups excluding carboxylic acids is 1. The Morgan fingerprint density at radius 3 is 2.54 bits per heavy atom. The first-order valence-electron chi connectivity index (χ1n) is 6.98. The lowest BCUT2D eigenvalue weighted by Crippen LogP contribution is -2.28. The zero-order chi connectivity index (χ0) is 18.4. The van der Waals surface area contributed by atoms with Crippen LogP contribution < -0.4 is 9.50 Å². The Morgan fingerprint density at radius 2 is 2.00 bits per heavy atom. The number of alkyl halides is 3. The number of carbonyl (C=O) groups is 1. The fourth-order valence-electron chi connectivity index (χ4n) is 1.60. The van der Waals surface area contributed by atoms with Gasteiger partial charge in [-0.3, -0.25) is 4.79 Å². The molecule has 0 spiro atoms. The summed E-state index contributed by atoms with van der Waals surface area (Å²) in [5, 5.41) is 2.38. The van der Waals surface area contributed by atoms with Gasteiger partial charge in [0.1, 0.15) is 0 Å². The quantitative estimate of drug-likeness (QED) is 0.377. The monoisotopic (exact) mass is 363 g/mol. The molecule has 0 atom stereocenters. The van der Waals surface area contributed by atoms with Crippen molar-refractivity contribution in [2.24, 2.45) is 0 Å². The smallest absolute Gasteiger partial charge is 0.375 e. The summed E-state index contributed by atoms with van der Waals surface area (Å²) in [7, 11) is -5.83. The summed E-state index contributed by atoms with van der Waals surface area (Å²) in [6, 6.07) is 3.68. The highest BCUT2D eigenvalue weighted by molar-refractivity contribution is 7.88. The zero-order valence-electron chi connectivity index (χ0n) is 13.0. The number of amides is 1. The molecule has 5 nitrogen and oxygen atoms in total. The van der Waals surface area contributed by atoms with Gasteiger partial charge in [-0.25, -0.2) is 0 Å². The Hall–Kier alpha value is -2.21. The summed E-state index contributed by atoms with van der Waals surface area (Å²) in [5.74, 6) is 4.22. The number of anilines is 1. The first kappa shape index (κ1) is 19.8. The molecule has 1 rings (SSSR count). The van der Waals surface area contributed by atoms with Gasteiger partial charge in [0, 0.05) is 13.3 Å². The maximum absolute atomic E-state index is 12.5. The van der Waals surface area contributed by atoms with Crippen molar-refractivity contribution in [1.82, 2.24) is 0 Å². The third kappa shape index (κ3) is 5.45. The molecule has 1 aromatic rings. The third-order valence-electron chi connectivity index (χ3n) is 2.69. The van der Waals surface area contributed by atoms with Gasteiger partial charge in [-0.05, 0) is 18.6 Å². The molecule has 0 aliphatic rings. The molecular weight excluding hydrogens is 347 g/mol. The Balaban J connectivity index is 3.32. The normalized spacial score (nSPS) is 11.4. The van der Waals surface area contributed by atoms with E-state index in [4.69, 9.17) is 0 Å². The van der Waals surface area contributed by atoms with Crippen LogP contribution in [0.4, 0.5) is 18.9 Å². The largest absolute Gasteiger partial charge is 0.534 e. The number of halogens is 3. The number of hydrogen-bond acceptors (Lipinski definition) is 4. The highest BCUT2D eigenvalue weighted by atomic mass is 32.2. The standard InChI is InChI=1S/C15H16F3NO4S/c1-3-4-5-6-8-12-13(19-11(2)20)9-7-10-14(12)23-24(21,22)15(16,17)18/h7,9-10H,3-5H2,1-2H3,(H,19,20). The van der Waals surface area contributed by atoms with E-state index in [9.17, 15) is 26.4 Å². The van der Waals surface area contributed by atoms with Crippen LogP contribution in [0.15, 0.2) is 18.2 Å². The maximum atomic E-state index is 12.5. The average molecular weight is 363 g/mol. The summed E-state index contributed by atoms with van der Waals surface area (Å²) in [5.41, 5.74) is -5.62. The molecule has 0 saturated heterocycles. The first-order valence-corrected chi connectivity index (χ1v) is 8.39. The van der Waals surface area contributed by atoms with Gasteiger partial charge in [-0.2, -0.15) is 21.6 Å². The van der Waals surface area contributed by atoms with Crippen LogP contribution in [0.25, 0.3) is 0 Å². The van der Waals surface area contributed by atoms with E-state index >= 15 is 0 Å². The van der Waals surface area contributed by atoms with E-state index in [0.717, 1.165) is 18.9 Å². The Bertz CT molecular complexity index is 761. The molecule has 0 aromatic heterocycles. The highest BCUT2D eigenvalue weighted by Crippen LogP contribution is 2.31. The van der Waals surface area contributed by atoms with Gasteiger partial charge >= 0.3 is 15.6 Å². The number of nitrogens with one attached hydrogen (secondary N) is 1. The molecule has 24 heavy (non-hydrogen) atoms. The summed E-state index contributed by atoms with van der Waals surface area (Å²) in [6.45, 7) is 3.14. The number of rotatable bonds is 5. The van der Waals surface area contributed by atoms with Gasteiger partial charge in [0.25, 0.3) is 0 Å². The number of benzene rings is 1. The predicted octanol–water partition coefficient (Wildman–Crippen LogP) is 3.42. The average Bonchev–Trinajstić information content (AvgIpc) is 2.43. The lowest BCUT2D eigenvalue weighted by Gasteiger charge is -2.13. The van der Waals surface area contributed by atoms with Crippen LogP contribution in [0, 0.1) is 11.8 Å². The van der Waals surface area contributed by atoms with Gasteiger partial charge in [0.05, 0.1) is 11.3 Å². The summed E-state index contributed by atoms with van der Waals surface area (Å²) >= 11 is 0. The zero-order valence-corrected chi connectivity index (χ0v) is 13.8. The van der Waals surface area contributed by atoms with Crippen LogP contribution in [-0.4, -0.2) is 19.8 Å². The summed E-state index contributed by atoms with van der Waals surface area (Å²) in [4.78, 5) is 11.2.